The van der Waals surface area contributed by atoms with Gasteiger partial charge < -0.3 is 9.88 Å². The van der Waals surface area contributed by atoms with Gasteiger partial charge in [-0.1, -0.05) is 20.8 Å². The van der Waals surface area contributed by atoms with Gasteiger partial charge in [0, 0.05) is 30.9 Å². The largest absolute Gasteiger partial charge is 0.335 e. The summed E-state index contributed by atoms with van der Waals surface area (Å²) in [5.74, 6) is 2.65. The number of nitrogens with one attached hydrogen (secondary N) is 1. The molecule has 3 atom stereocenters. The van der Waals surface area contributed by atoms with Gasteiger partial charge in [0.05, 0.1) is 0 Å². The Hall–Kier alpha value is -0.830. The van der Waals surface area contributed by atoms with Gasteiger partial charge in [0.1, 0.15) is 5.82 Å². The van der Waals surface area contributed by atoms with Gasteiger partial charge in [-0.15, -0.1) is 0 Å². The maximum atomic E-state index is 4.60. The fourth-order valence-electron chi connectivity index (χ4n) is 3.16. The van der Waals surface area contributed by atoms with Gasteiger partial charge in [-0.05, 0) is 31.7 Å². The molecule has 0 radical (unpaired) electrons. The van der Waals surface area contributed by atoms with Gasteiger partial charge in [0.25, 0.3) is 0 Å². The second-order valence-corrected chi connectivity index (χ2v) is 5.19. The molecule has 96 valence electrons. The van der Waals surface area contributed by atoms with Gasteiger partial charge in [-0.3, -0.25) is 0 Å². The third-order valence-corrected chi connectivity index (χ3v) is 4.07. The lowest BCUT2D eigenvalue weighted by atomic mass is 9.95. The quantitative estimate of drug-likeness (QED) is 0.850. The van der Waals surface area contributed by atoms with Crippen molar-refractivity contribution >= 4 is 0 Å². The lowest BCUT2D eigenvalue weighted by Crippen LogP contribution is -2.32. The number of hydrogen-bond donors (Lipinski definition) is 1. The summed E-state index contributed by atoms with van der Waals surface area (Å²) in [6.45, 7) is 8.97. The van der Waals surface area contributed by atoms with Crippen molar-refractivity contribution in [3.8, 4) is 0 Å². The molecule has 1 aliphatic carbocycles. The highest BCUT2D eigenvalue weighted by molar-refractivity contribution is 5.07. The van der Waals surface area contributed by atoms with E-state index in [9.17, 15) is 0 Å². The Morgan fingerprint density at radius 3 is 2.94 bits per heavy atom. The molecule has 1 aromatic heterocycles. The molecule has 3 heteroatoms. The summed E-state index contributed by atoms with van der Waals surface area (Å²) < 4.78 is 2.34. The second-order valence-electron chi connectivity index (χ2n) is 5.19. The Balaban J connectivity index is 2.09. The van der Waals surface area contributed by atoms with Crippen LogP contribution < -0.4 is 5.32 Å². The molecule has 1 aromatic rings. The van der Waals surface area contributed by atoms with Crippen molar-refractivity contribution in [2.24, 2.45) is 5.92 Å². The first-order valence-corrected chi connectivity index (χ1v) is 7.02. The van der Waals surface area contributed by atoms with Gasteiger partial charge >= 0.3 is 0 Å². The van der Waals surface area contributed by atoms with Crippen LogP contribution in [-0.2, 0) is 6.54 Å². The second kappa shape index (κ2) is 5.67. The zero-order valence-corrected chi connectivity index (χ0v) is 11.3. The topological polar surface area (TPSA) is 29.9 Å². The normalized spacial score (nSPS) is 28.8. The van der Waals surface area contributed by atoms with Crippen molar-refractivity contribution in [1.29, 1.82) is 0 Å². The zero-order valence-electron chi connectivity index (χ0n) is 11.3. The summed E-state index contributed by atoms with van der Waals surface area (Å²) in [5, 5.41) is 3.60. The van der Waals surface area contributed by atoms with E-state index in [-0.39, 0.29) is 0 Å². The fourth-order valence-corrected chi connectivity index (χ4v) is 3.16. The summed E-state index contributed by atoms with van der Waals surface area (Å²) in [5.41, 5.74) is 0. The number of hydrogen-bond acceptors (Lipinski definition) is 2. The van der Waals surface area contributed by atoms with Crippen LogP contribution in [0.2, 0.25) is 0 Å². The highest BCUT2D eigenvalue weighted by Gasteiger charge is 2.35. The Morgan fingerprint density at radius 2 is 2.24 bits per heavy atom. The van der Waals surface area contributed by atoms with E-state index in [1.165, 1.54) is 25.1 Å². The lowest BCUT2D eigenvalue weighted by Gasteiger charge is -2.21. The van der Waals surface area contributed by atoms with Gasteiger partial charge in [-0.25, -0.2) is 4.98 Å². The predicted octanol–water partition coefficient (Wildman–Crippen LogP) is 2.78. The van der Waals surface area contributed by atoms with Crippen molar-refractivity contribution in [1.82, 2.24) is 14.9 Å². The molecule has 0 saturated heterocycles. The van der Waals surface area contributed by atoms with Crippen molar-refractivity contribution in [2.45, 2.75) is 58.5 Å². The van der Waals surface area contributed by atoms with Crippen LogP contribution >= 0.6 is 0 Å². The Labute approximate surface area is 105 Å². The molecule has 1 heterocycles. The lowest BCUT2D eigenvalue weighted by molar-refractivity contribution is 0.397. The maximum Gasteiger partial charge on any atom is 0.112 e. The SMILES string of the molecule is CCCn1ccnc1C1CCC(NCC)C1C. The minimum atomic E-state index is 0.639. The average Bonchev–Trinajstić information content (AvgIpc) is 2.89. The average molecular weight is 235 g/mol. The van der Waals surface area contributed by atoms with E-state index in [1.807, 2.05) is 6.20 Å². The molecule has 1 N–H and O–H groups in total. The highest BCUT2D eigenvalue weighted by Crippen LogP contribution is 2.38. The van der Waals surface area contributed by atoms with Crippen LogP contribution in [-0.4, -0.2) is 22.1 Å². The van der Waals surface area contributed by atoms with Gasteiger partial charge in [0.15, 0.2) is 0 Å². The highest BCUT2D eigenvalue weighted by atomic mass is 15.1. The minimum Gasteiger partial charge on any atom is -0.335 e. The molecule has 17 heavy (non-hydrogen) atoms. The molecule has 0 spiro atoms. The van der Waals surface area contributed by atoms with E-state index in [0.29, 0.717) is 17.9 Å². The van der Waals surface area contributed by atoms with E-state index < -0.39 is 0 Å². The molecule has 3 unspecified atom stereocenters. The maximum absolute atomic E-state index is 4.60. The Kier molecular flexibility index (Phi) is 4.21. The summed E-state index contributed by atoms with van der Waals surface area (Å²) in [7, 11) is 0. The molecular weight excluding hydrogens is 210 g/mol. The third kappa shape index (κ3) is 2.54. The molecule has 1 fully saturated rings. The van der Waals surface area contributed by atoms with Crippen LogP contribution in [0.5, 0.6) is 0 Å². The number of aryl methyl sites for hydroxylation is 1. The molecule has 3 nitrogen and oxygen atoms in total. The first-order chi connectivity index (χ1) is 8.27. The van der Waals surface area contributed by atoms with Crippen molar-refractivity contribution in [3.05, 3.63) is 18.2 Å². The van der Waals surface area contributed by atoms with Gasteiger partial charge in [-0.2, -0.15) is 0 Å². The Morgan fingerprint density at radius 1 is 1.41 bits per heavy atom. The minimum absolute atomic E-state index is 0.639. The molecule has 0 aliphatic heterocycles. The fraction of sp³-hybridized carbons (Fsp3) is 0.786. The van der Waals surface area contributed by atoms with Crippen LogP contribution in [0, 0.1) is 5.92 Å². The first-order valence-electron chi connectivity index (χ1n) is 7.02. The van der Waals surface area contributed by atoms with E-state index >= 15 is 0 Å². The van der Waals surface area contributed by atoms with E-state index in [2.05, 4.69) is 41.8 Å². The van der Waals surface area contributed by atoms with Crippen LogP contribution in [0.15, 0.2) is 12.4 Å². The summed E-state index contributed by atoms with van der Waals surface area (Å²) in [6, 6.07) is 0.678. The van der Waals surface area contributed by atoms with E-state index in [4.69, 9.17) is 0 Å². The monoisotopic (exact) mass is 235 g/mol. The summed E-state index contributed by atoms with van der Waals surface area (Å²) in [6.07, 6.45) is 7.84. The predicted molar refractivity (Wildman–Crippen MR) is 71.1 cm³/mol. The number of aromatic nitrogens is 2. The molecule has 0 amide bonds. The van der Waals surface area contributed by atoms with Crippen LogP contribution in [0.4, 0.5) is 0 Å². The number of imidazole rings is 1. The van der Waals surface area contributed by atoms with E-state index in [1.54, 1.807) is 0 Å². The third-order valence-electron chi connectivity index (χ3n) is 4.07. The van der Waals surface area contributed by atoms with Crippen molar-refractivity contribution < 1.29 is 0 Å². The molecule has 1 saturated carbocycles. The molecular formula is C14H25N3. The summed E-state index contributed by atoms with van der Waals surface area (Å²) in [4.78, 5) is 4.60. The van der Waals surface area contributed by atoms with Crippen LogP contribution in [0.3, 0.4) is 0 Å². The first kappa shape index (κ1) is 12.6. The zero-order chi connectivity index (χ0) is 12.3. The molecule has 1 aliphatic rings. The summed E-state index contributed by atoms with van der Waals surface area (Å²) >= 11 is 0. The van der Waals surface area contributed by atoms with E-state index in [0.717, 1.165) is 13.1 Å². The number of rotatable bonds is 5. The number of nitrogens with zero attached hydrogens (tertiary/aromatic N) is 2. The van der Waals surface area contributed by atoms with Crippen molar-refractivity contribution in [2.75, 3.05) is 6.54 Å². The standard InChI is InChI=1S/C14H25N3/c1-4-9-17-10-8-16-14(17)12-6-7-13(11(12)3)15-5-2/h8,10-13,15H,4-7,9H2,1-3H3. The van der Waals surface area contributed by atoms with Crippen LogP contribution in [0.1, 0.15) is 51.8 Å². The smallest absolute Gasteiger partial charge is 0.112 e. The molecule has 0 aromatic carbocycles. The Bertz CT molecular complexity index is 345. The molecule has 0 bridgehead atoms. The van der Waals surface area contributed by atoms with Crippen LogP contribution in [0.25, 0.3) is 0 Å². The van der Waals surface area contributed by atoms with Gasteiger partial charge in [0.2, 0.25) is 0 Å². The van der Waals surface area contributed by atoms with Crippen molar-refractivity contribution in [3.63, 3.8) is 0 Å². The molecule has 2 rings (SSSR count).